The molecule has 0 amide bonds. The van der Waals surface area contributed by atoms with Crippen LogP contribution in [-0.2, 0) is 11.2 Å². The van der Waals surface area contributed by atoms with Crippen LogP contribution in [0.1, 0.15) is 24.8 Å². The van der Waals surface area contributed by atoms with Gasteiger partial charge in [0.15, 0.2) is 0 Å². The fourth-order valence-corrected chi connectivity index (χ4v) is 3.64. The van der Waals surface area contributed by atoms with Crippen LogP contribution in [-0.4, -0.2) is 54.2 Å². The van der Waals surface area contributed by atoms with Gasteiger partial charge in [-0.25, -0.2) is 0 Å². The van der Waals surface area contributed by atoms with E-state index in [-0.39, 0.29) is 24.1 Å². The predicted octanol–water partition coefficient (Wildman–Crippen LogP) is 3.73. The third-order valence-corrected chi connectivity index (χ3v) is 5.06. The molecule has 8 nitrogen and oxygen atoms in total. The van der Waals surface area contributed by atoms with Crippen molar-refractivity contribution in [3.63, 3.8) is 0 Å². The molecule has 3 rings (SSSR count). The van der Waals surface area contributed by atoms with E-state index in [1.165, 1.54) is 19.2 Å². The highest BCUT2D eigenvalue weighted by Gasteiger charge is 2.31. The number of nitrogens with zero attached hydrogens (tertiary/aromatic N) is 3. The number of aromatic nitrogens is 2. The maximum atomic E-state index is 12.3. The molecule has 32 heavy (non-hydrogen) atoms. The molecule has 0 aliphatic carbocycles. The zero-order chi connectivity index (χ0) is 23.1. The molecule has 0 saturated carbocycles. The summed E-state index contributed by atoms with van der Waals surface area (Å²) in [7, 11) is 1.47. The van der Waals surface area contributed by atoms with Crippen molar-refractivity contribution in [2.75, 3.05) is 37.0 Å². The van der Waals surface area contributed by atoms with Gasteiger partial charge < -0.3 is 24.8 Å². The Bertz CT molecular complexity index is 909. The highest BCUT2D eigenvalue weighted by molar-refractivity contribution is 5.67. The van der Waals surface area contributed by atoms with Gasteiger partial charge in [0.2, 0.25) is 0 Å². The van der Waals surface area contributed by atoms with Crippen LogP contribution in [0.4, 0.5) is 24.8 Å². The van der Waals surface area contributed by atoms with E-state index in [9.17, 15) is 18.0 Å². The largest absolute Gasteiger partial charge is 0.573 e. The molecule has 2 heterocycles. The van der Waals surface area contributed by atoms with Gasteiger partial charge in [-0.2, -0.15) is 9.97 Å². The van der Waals surface area contributed by atoms with Crippen LogP contribution >= 0.6 is 0 Å². The number of anilines is 2. The minimum absolute atomic E-state index is 0.0583. The quantitative estimate of drug-likeness (QED) is 0.592. The number of rotatable bonds is 9. The Morgan fingerprint density at radius 2 is 2.03 bits per heavy atom. The standard InChI is InChI=1S/C21H25F3N4O4/c1-31-20-26-17(12-18(27-20)28-10-2-3-15(13-28)11-19(29)30)25-9-8-14-4-6-16(7-5-14)32-21(22,23)24/h4-7,12,15H,2-3,8-11,13H2,1H3,(H,29,30)(H,25,26,27)/t15-/m1/s1. The molecule has 2 N–H and O–H groups in total. The number of hydrogen-bond donors (Lipinski definition) is 2. The van der Waals surface area contributed by atoms with E-state index >= 15 is 0 Å². The first-order valence-corrected chi connectivity index (χ1v) is 10.2. The van der Waals surface area contributed by atoms with Gasteiger partial charge in [-0.3, -0.25) is 4.79 Å². The summed E-state index contributed by atoms with van der Waals surface area (Å²) in [5.74, 6) is 0.190. The van der Waals surface area contributed by atoms with Crippen molar-refractivity contribution in [1.82, 2.24) is 9.97 Å². The first kappa shape index (κ1) is 23.4. The molecule has 1 atom stereocenters. The van der Waals surface area contributed by atoms with E-state index in [2.05, 4.69) is 20.0 Å². The number of hydrogen-bond acceptors (Lipinski definition) is 7. The normalized spacial score (nSPS) is 16.5. The smallest absolute Gasteiger partial charge is 0.481 e. The molecule has 1 aliphatic heterocycles. The number of carboxylic acid groups (broad SMARTS) is 1. The van der Waals surface area contributed by atoms with Gasteiger partial charge in [0.05, 0.1) is 7.11 Å². The fraction of sp³-hybridized carbons (Fsp3) is 0.476. The first-order chi connectivity index (χ1) is 15.2. The van der Waals surface area contributed by atoms with Gasteiger partial charge in [-0.15, -0.1) is 13.2 Å². The summed E-state index contributed by atoms with van der Waals surface area (Å²) in [4.78, 5) is 21.8. The molecule has 0 bridgehead atoms. The second-order valence-electron chi connectivity index (χ2n) is 7.52. The number of piperidine rings is 1. The molecule has 0 spiro atoms. The lowest BCUT2D eigenvalue weighted by Gasteiger charge is -2.33. The summed E-state index contributed by atoms with van der Waals surface area (Å²) >= 11 is 0. The number of methoxy groups -OCH3 is 1. The van der Waals surface area contributed by atoms with Crippen LogP contribution in [0, 0.1) is 5.92 Å². The summed E-state index contributed by atoms with van der Waals surface area (Å²) in [6.07, 6.45) is -2.30. The monoisotopic (exact) mass is 454 g/mol. The maximum Gasteiger partial charge on any atom is 0.573 e. The molecule has 1 aliphatic rings. The summed E-state index contributed by atoms with van der Waals surface area (Å²) < 4.78 is 45.8. The number of ether oxygens (including phenoxy) is 2. The number of halogens is 3. The minimum Gasteiger partial charge on any atom is -0.481 e. The van der Waals surface area contributed by atoms with Crippen LogP contribution in [0.3, 0.4) is 0 Å². The Hall–Kier alpha value is -3.24. The Morgan fingerprint density at radius 3 is 2.69 bits per heavy atom. The third-order valence-electron chi connectivity index (χ3n) is 5.06. The molecule has 1 aromatic heterocycles. The Kier molecular flexibility index (Phi) is 7.60. The molecule has 0 radical (unpaired) electrons. The Labute approximate surface area is 183 Å². The van der Waals surface area contributed by atoms with Gasteiger partial charge in [0.1, 0.15) is 17.4 Å². The molecule has 11 heteroatoms. The van der Waals surface area contributed by atoms with E-state index in [1.54, 1.807) is 18.2 Å². The van der Waals surface area contributed by atoms with Crippen LogP contribution in [0.5, 0.6) is 11.8 Å². The molecule has 0 unspecified atom stereocenters. The van der Waals surface area contributed by atoms with Crippen LogP contribution < -0.4 is 19.7 Å². The van der Waals surface area contributed by atoms with Crippen molar-refractivity contribution in [3.8, 4) is 11.8 Å². The zero-order valence-corrected chi connectivity index (χ0v) is 17.6. The topological polar surface area (TPSA) is 96.8 Å². The van der Waals surface area contributed by atoms with Crippen molar-refractivity contribution < 1.29 is 32.5 Å². The summed E-state index contributed by atoms with van der Waals surface area (Å²) in [6, 6.07) is 7.68. The molecule has 1 aromatic carbocycles. The minimum atomic E-state index is -4.71. The average molecular weight is 454 g/mol. The van der Waals surface area contributed by atoms with Crippen molar-refractivity contribution in [3.05, 3.63) is 35.9 Å². The second-order valence-corrected chi connectivity index (χ2v) is 7.52. The number of nitrogens with one attached hydrogen (secondary N) is 1. The van der Waals surface area contributed by atoms with Gasteiger partial charge >= 0.3 is 18.3 Å². The number of carbonyl (C=O) groups is 1. The molecule has 1 fully saturated rings. The number of carboxylic acids is 1. The van der Waals surface area contributed by atoms with Gasteiger partial charge in [0, 0.05) is 32.1 Å². The summed E-state index contributed by atoms with van der Waals surface area (Å²) in [5.41, 5.74) is 0.834. The van der Waals surface area contributed by atoms with E-state index < -0.39 is 12.3 Å². The average Bonchev–Trinajstić information content (AvgIpc) is 2.73. The fourth-order valence-electron chi connectivity index (χ4n) is 3.64. The molecule has 1 saturated heterocycles. The first-order valence-electron chi connectivity index (χ1n) is 10.2. The lowest BCUT2D eigenvalue weighted by atomic mass is 9.95. The predicted molar refractivity (Wildman–Crippen MR) is 111 cm³/mol. The lowest BCUT2D eigenvalue weighted by Crippen LogP contribution is -2.37. The maximum absolute atomic E-state index is 12.3. The van der Waals surface area contributed by atoms with Gasteiger partial charge in [-0.1, -0.05) is 12.1 Å². The molecule has 174 valence electrons. The summed E-state index contributed by atoms with van der Waals surface area (Å²) in [5, 5.41) is 12.3. The van der Waals surface area contributed by atoms with E-state index in [0.717, 1.165) is 24.9 Å². The highest BCUT2D eigenvalue weighted by atomic mass is 19.4. The number of alkyl halides is 3. The van der Waals surface area contributed by atoms with Crippen LogP contribution in [0.2, 0.25) is 0 Å². The van der Waals surface area contributed by atoms with Crippen molar-refractivity contribution in [1.29, 1.82) is 0 Å². The molecular weight excluding hydrogens is 429 g/mol. The van der Waals surface area contributed by atoms with E-state index in [4.69, 9.17) is 9.84 Å². The molecular formula is C21H25F3N4O4. The number of benzene rings is 1. The van der Waals surface area contributed by atoms with Crippen molar-refractivity contribution in [2.24, 2.45) is 5.92 Å². The summed E-state index contributed by atoms with van der Waals surface area (Å²) in [6.45, 7) is 1.85. The number of aliphatic carboxylic acids is 1. The Morgan fingerprint density at radius 1 is 1.28 bits per heavy atom. The Balaban J connectivity index is 1.60. The van der Waals surface area contributed by atoms with Crippen molar-refractivity contribution >= 4 is 17.6 Å². The van der Waals surface area contributed by atoms with Crippen molar-refractivity contribution in [2.45, 2.75) is 32.0 Å². The SMILES string of the molecule is COc1nc(NCCc2ccc(OC(F)(F)F)cc2)cc(N2CCC[C@H](CC(=O)O)C2)n1. The second kappa shape index (κ2) is 10.4. The van der Waals surface area contributed by atoms with E-state index in [1.807, 2.05) is 4.90 Å². The lowest BCUT2D eigenvalue weighted by molar-refractivity contribution is -0.274. The third kappa shape index (κ3) is 7.17. The van der Waals surface area contributed by atoms with Gasteiger partial charge in [0.25, 0.3) is 0 Å². The zero-order valence-electron chi connectivity index (χ0n) is 17.6. The van der Waals surface area contributed by atoms with E-state index in [0.29, 0.717) is 31.1 Å². The van der Waals surface area contributed by atoms with Crippen LogP contribution in [0.25, 0.3) is 0 Å². The van der Waals surface area contributed by atoms with Gasteiger partial charge in [-0.05, 0) is 42.9 Å². The van der Waals surface area contributed by atoms with Crippen LogP contribution in [0.15, 0.2) is 30.3 Å². The highest BCUT2D eigenvalue weighted by Crippen LogP contribution is 2.27. The molecule has 2 aromatic rings.